The second-order valence-corrected chi connectivity index (χ2v) is 1.28. The summed E-state index contributed by atoms with van der Waals surface area (Å²) in [6, 6.07) is 0. The summed E-state index contributed by atoms with van der Waals surface area (Å²) in [5, 5.41) is 0. The van der Waals surface area contributed by atoms with E-state index in [1.54, 1.807) is 0 Å². The third-order valence-electron chi connectivity index (χ3n) is 0.0714. The first-order chi connectivity index (χ1) is 2.77. The minimum atomic E-state index is -2.40. The van der Waals surface area contributed by atoms with Gasteiger partial charge in [0.1, 0.15) is 0 Å². The second-order valence-electron chi connectivity index (χ2n) is 0.310. The zero-order chi connectivity index (χ0) is 4.99. The Morgan fingerprint density at radius 1 is 1.57 bits per heavy atom. The summed E-state index contributed by atoms with van der Waals surface area (Å²) in [5.74, 6) is 0. The quantitative estimate of drug-likeness (QED) is 0.375. The molecule has 0 saturated heterocycles. The van der Waals surface area contributed by atoms with E-state index in [1.165, 1.54) is 0 Å². The third kappa shape index (κ3) is 11.2. The van der Waals surface area contributed by atoms with Gasteiger partial charge >= 0.3 is 55.5 Å². The van der Waals surface area contributed by atoms with Crippen molar-refractivity contribution in [1.82, 2.24) is 0 Å². The molecule has 0 aliphatic heterocycles. The normalized spacial score (nSPS) is 8.57. The van der Waals surface area contributed by atoms with E-state index in [2.05, 4.69) is 3.84 Å². The number of hydrogen-bond donors (Lipinski definition) is 0. The van der Waals surface area contributed by atoms with Gasteiger partial charge in [-0.25, -0.2) is 0 Å². The van der Waals surface area contributed by atoms with Gasteiger partial charge < -0.3 is 15.4 Å². The SMILES string of the molecule is [H-].[Na+].[O-][Cl+]O[Cl+2]([O-])[O-]. The van der Waals surface area contributed by atoms with Crippen LogP contribution in [0.15, 0.2) is 0 Å². The average Bonchev–Trinajstić information content (AvgIpc) is 1.35. The molecular formula is HCl2NaO4. The van der Waals surface area contributed by atoms with Crippen LogP contribution >= 0.6 is 0 Å². The molecule has 0 atom stereocenters. The number of halogens is 2. The van der Waals surface area contributed by atoms with Crippen LogP contribution in [0, 0.1) is 22.1 Å². The molecule has 0 aromatic heterocycles. The molecule has 0 amide bonds. The van der Waals surface area contributed by atoms with Crippen molar-refractivity contribution < 1.29 is 70.9 Å². The van der Waals surface area contributed by atoms with Gasteiger partial charge in [-0.15, -0.1) is 0 Å². The van der Waals surface area contributed by atoms with Crippen molar-refractivity contribution in [3.05, 3.63) is 0 Å². The van der Waals surface area contributed by atoms with Crippen molar-refractivity contribution in [2.24, 2.45) is 0 Å². The summed E-state index contributed by atoms with van der Waals surface area (Å²) in [6.07, 6.45) is 0. The molecule has 7 heteroatoms. The van der Waals surface area contributed by atoms with Crippen molar-refractivity contribution in [3.63, 3.8) is 0 Å². The van der Waals surface area contributed by atoms with E-state index in [9.17, 15) is 0 Å². The van der Waals surface area contributed by atoms with E-state index in [-0.39, 0.29) is 42.3 Å². The Kier molecular flexibility index (Phi) is 11.9. The molecule has 0 saturated carbocycles. The second kappa shape index (κ2) is 7.42. The van der Waals surface area contributed by atoms with Gasteiger partial charge in [0, 0.05) is 0 Å². The Morgan fingerprint density at radius 2 is 2.00 bits per heavy atom. The molecule has 0 bridgehead atoms. The summed E-state index contributed by atoms with van der Waals surface area (Å²) in [5.41, 5.74) is 0. The molecule has 0 N–H and O–H groups in total. The van der Waals surface area contributed by atoms with Gasteiger partial charge in [-0.2, -0.15) is 0 Å². The Labute approximate surface area is 70.7 Å². The van der Waals surface area contributed by atoms with Gasteiger partial charge in [-0.05, 0) is 0 Å². The first kappa shape index (κ1) is 11.2. The molecule has 0 heterocycles. The summed E-state index contributed by atoms with van der Waals surface area (Å²) in [7, 11) is -2.40. The van der Waals surface area contributed by atoms with Crippen LogP contribution in [0.25, 0.3) is 0 Å². The van der Waals surface area contributed by atoms with Gasteiger partial charge in [0.2, 0.25) is 0 Å². The van der Waals surface area contributed by atoms with Crippen LogP contribution in [0.1, 0.15) is 1.43 Å². The van der Waals surface area contributed by atoms with E-state index in [4.69, 9.17) is 14.0 Å². The van der Waals surface area contributed by atoms with Gasteiger partial charge in [0.05, 0.1) is 0 Å². The van der Waals surface area contributed by atoms with Gasteiger partial charge in [0.15, 0.2) is 0 Å². The first-order valence-corrected chi connectivity index (χ1v) is 2.31. The minimum Gasteiger partial charge on any atom is -1.00 e. The maximum atomic E-state index is 9.11. The predicted octanol–water partition coefficient (Wildman–Crippen LogP) is -6.52. The van der Waals surface area contributed by atoms with E-state index < -0.39 is 10.8 Å². The summed E-state index contributed by atoms with van der Waals surface area (Å²) >= 11 is -0.0836. The first-order valence-electron chi connectivity index (χ1n) is 0.772. The molecule has 0 unspecified atom stereocenters. The van der Waals surface area contributed by atoms with Gasteiger partial charge in [0.25, 0.3) is 0 Å². The van der Waals surface area contributed by atoms with E-state index in [0.29, 0.717) is 0 Å². The number of rotatable bonds is 2. The molecule has 0 aromatic rings. The maximum Gasteiger partial charge on any atom is 1.00 e. The molecular weight excluding hydrogens is 158 g/mol. The van der Waals surface area contributed by atoms with Gasteiger partial charge in [-0.1, -0.05) is 0 Å². The van der Waals surface area contributed by atoms with E-state index in [1.807, 2.05) is 0 Å². The molecule has 7 heavy (non-hydrogen) atoms. The molecule has 40 valence electrons. The molecule has 0 aromatic carbocycles. The van der Waals surface area contributed by atoms with Crippen LogP contribution in [-0.2, 0) is 3.84 Å². The molecule has 0 rings (SSSR count). The van der Waals surface area contributed by atoms with Crippen LogP contribution in [0.5, 0.6) is 0 Å². The van der Waals surface area contributed by atoms with Crippen LogP contribution in [0.4, 0.5) is 0 Å². The van der Waals surface area contributed by atoms with E-state index in [0.717, 1.165) is 0 Å². The molecule has 0 fully saturated rings. The van der Waals surface area contributed by atoms with Crippen molar-refractivity contribution in [1.29, 1.82) is 0 Å². The summed E-state index contributed by atoms with van der Waals surface area (Å²) < 4.78 is 30.4. The molecule has 0 aliphatic rings. The molecule has 4 nitrogen and oxygen atoms in total. The number of hydrogen-bond acceptors (Lipinski definition) is 4. The fraction of sp³-hybridized carbons (Fsp3) is 0. The zero-order valence-electron chi connectivity index (χ0n) is 4.39. The molecule has 0 spiro atoms. The Hall–Kier alpha value is 1.42. The standard InChI is InChI=1S/Cl2O4.Na.H/c3-1-6-2(4)5;;/q;+1;-1. The fourth-order valence-electron chi connectivity index (χ4n) is 0.0194. The summed E-state index contributed by atoms with van der Waals surface area (Å²) in [4.78, 5) is 0. The fourth-order valence-corrected chi connectivity index (χ4v) is 0.175. The average molecular weight is 159 g/mol. The smallest absolute Gasteiger partial charge is 1.00 e. The van der Waals surface area contributed by atoms with Crippen molar-refractivity contribution >= 4 is 0 Å². The van der Waals surface area contributed by atoms with Crippen molar-refractivity contribution in [2.45, 2.75) is 0 Å². The largest absolute Gasteiger partial charge is 1.00 e. The van der Waals surface area contributed by atoms with Crippen LogP contribution in [0.3, 0.4) is 0 Å². The Morgan fingerprint density at radius 3 is 2.00 bits per heavy atom. The minimum absolute atomic E-state index is 0. The molecule has 0 aliphatic carbocycles. The van der Waals surface area contributed by atoms with Crippen LogP contribution in [0.2, 0.25) is 0 Å². The van der Waals surface area contributed by atoms with Crippen LogP contribution < -0.4 is 43.5 Å². The Bertz CT molecular complexity index is 35.2. The zero-order valence-corrected chi connectivity index (χ0v) is 6.90. The molecule has 0 radical (unpaired) electrons. The maximum absolute atomic E-state index is 9.11. The van der Waals surface area contributed by atoms with Crippen LogP contribution in [-0.4, -0.2) is 0 Å². The Balaban J connectivity index is -0.000000125. The summed E-state index contributed by atoms with van der Waals surface area (Å²) in [6.45, 7) is 0. The van der Waals surface area contributed by atoms with Crippen molar-refractivity contribution in [2.75, 3.05) is 0 Å². The van der Waals surface area contributed by atoms with Crippen molar-refractivity contribution in [3.8, 4) is 0 Å². The monoisotopic (exact) mass is 158 g/mol. The van der Waals surface area contributed by atoms with E-state index >= 15 is 0 Å². The van der Waals surface area contributed by atoms with Gasteiger partial charge in [-0.3, -0.25) is 0 Å². The predicted molar refractivity (Wildman–Crippen MR) is 2.20 cm³/mol. The third-order valence-corrected chi connectivity index (χ3v) is 0.643. The topological polar surface area (TPSA) is 78.4 Å².